The van der Waals surface area contributed by atoms with Gasteiger partial charge in [-0.3, -0.25) is 0 Å². The molecule has 2 aliphatic heterocycles. The summed E-state index contributed by atoms with van der Waals surface area (Å²) in [7, 11) is 1.61. The number of aromatic amines is 1. The van der Waals surface area contributed by atoms with E-state index in [1.54, 1.807) is 7.11 Å². The molecule has 5 rings (SSSR count). The third-order valence-electron chi connectivity index (χ3n) is 6.68. The first kappa shape index (κ1) is 23.6. The highest BCUT2D eigenvalue weighted by molar-refractivity contribution is 5.94. The van der Waals surface area contributed by atoms with Crippen LogP contribution in [0.5, 0.6) is 11.5 Å². The van der Waals surface area contributed by atoms with Gasteiger partial charge in [-0.15, -0.1) is 0 Å². The molecule has 2 N–H and O–H groups in total. The number of fused-ring (bicyclic) bond motifs is 1. The lowest BCUT2D eigenvalue weighted by atomic mass is 10.1. The minimum atomic E-state index is -2.64. The van der Waals surface area contributed by atoms with E-state index in [4.69, 9.17) is 19.4 Å². The number of H-pyrrole nitrogens is 1. The molecule has 2 aromatic heterocycles. The highest BCUT2D eigenvalue weighted by Crippen LogP contribution is 2.37. The highest BCUT2D eigenvalue weighted by Gasteiger charge is 2.35. The molecule has 3 aromatic rings. The van der Waals surface area contributed by atoms with Crippen molar-refractivity contribution < 1.29 is 18.3 Å². The quantitative estimate of drug-likeness (QED) is 0.420. The van der Waals surface area contributed by atoms with Crippen LogP contribution in [0.3, 0.4) is 0 Å². The van der Waals surface area contributed by atoms with Crippen LogP contribution in [-0.4, -0.2) is 72.2 Å². The molecule has 4 heterocycles. The zero-order chi connectivity index (χ0) is 24.3. The van der Waals surface area contributed by atoms with E-state index in [2.05, 4.69) is 15.2 Å². The van der Waals surface area contributed by atoms with E-state index in [0.29, 0.717) is 35.4 Å². The van der Waals surface area contributed by atoms with Crippen LogP contribution in [-0.2, 0) is 0 Å². The number of likely N-dealkylation sites (tertiary alicyclic amines) is 1. The summed E-state index contributed by atoms with van der Waals surface area (Å²) in [5.74, 6) is -0.409. The minimum absolute atomic E-state index is 0.205. The van der Waals surface area contributed by atoms with Crippen LogP contribution in [0, 0.1) is 0 Å². The molecule has 0 radical (unpaired) electrons. The number of benzene rings is 1. The van der Waals surface area contributed by atoms with E-state index < -0.39 is 5.92 Å². The molecule has 0 amide bonds. The maximum Gasteiger partial charge on any atom is 0.251 e. The van der Waals surface area contributed by atoms with Gasteiger partial charge in [-0.05, 0) is 44.5 Å². The van der Waals surface area contributed by atoms with Crippen LogP contribution in [0.2, 0.25) is 0 Å². The monoisotopic (exact) mass is 486 g/mol. The van der Waals surface area contributed by atoms with Gasteiger partial charge in [0.25, 0.3) is 5.92 Å². The van der Waals surface area contributed by atoms with Gasteiger partial charge in [-0.1, -0.05) is 0 Å². The molecule has 2 fully saturated rings. The lowest BCUT2D eigenvalue weighted by molar-refractivity contribution is -0.0222. The number of nitrogens with one attached hydrogen (secondary N) is 2. The molecule has 188 valence electrons. The summed E-state index contributed by atoms with van der Waals surface area (Å²) in [4.78, 5) is 16.8. The number of hydrogen-bond acceptors (Lipinski definition) is 7. The fourth-order valence-corrected chi connectivity index (χ4v) is 4.68. The Hall–Kier alpha value is -3.14. The lowest BCUT2D eigenvalue weighted by Gasteiger charge is -2.32. The summed E-state index contributed by atoms with van der Waals surface area (Å²) in [6, 6.07) is 5.62. The van der Waals surface area contributed by atoms with Crippen LogP contribution in [0.25, 0.3) is 10.9 Å². The van der Waals surface area contributed by atoms with Gasteiger partial charge in [0.1, 0.15) is 5.82 Å². The zero-order valence-electron chi connectivity index (χ0n) is 20.0. The molecule has 10 heteroatoms. The van der Waals surface area contributed by atoms with Crippen molar-refractivity contribution in [3.05, 3.63) is 30.6 Å². The minimum Gasteiger partial charge on any atom is -0.493 e. The average molecular weight is 487 g/mol. The van der Waals surface area contributed by atoms with Crippen LogP contribution >= 0.6 is 0 Å². The topological polar surface area (TPSA) is 78.5 Å². The summed E-state index contributed by atoms with van der Waals surface area (Å²) in [5.41, 5.74) is 1.50. The van der Waals surface area contributed by atoms with Crippen LogP contribution in [0.15, 0.2) is 30.6 Å². The van der Waals surface area contributed by atoms with Crippen LogP contribution < -0.4 is 19.7 Å². The van der Waals surface area contributed by atoms with Gasteiger partial charge >= 0.3 is 0 Å². The molecule has 2 aliphatic rings. The standard InChI is InChI=1S/C25H32F2N6O2/c1-34-21-15-19-20(16-22(21)35-14-4-11-32-9-2-3-10-32)30-24(33-12-6-25(26,27)7-13-33)31-23(19)29-18-5-8-28-17-18/h5,8,15-17,28H,2-4,6-7,9-14H2,1H3,(H,29,30,31). The Morgan fingerprint density at radius 3 is 2.60 bits per heavy atom. The normalized spacial score (nSPS) is 18.2. The second-order valence-electron chi connectivity index (χ2n) is 9.21. The van der Waals surface area contributed by atoms with Crippen molar-refractivity contribution in [3.63, 3.8) is 0 Å². The lowest BCUT2D eigenvalue weighted by Crippen LogP contribution is -2.40. The molecule has 0 atom stereocenters. The molecule has 0 saturated carbocycles. The number of piperidine rings is 1. The number of methoxy groups -OCH3 is 1. The summed E-state index contributed by atoms with van der Waals surface area (Å²) in [5, 5.41) is 4.08. The predicted octanol–water partition coefficient (Wildman–Crippen LogP) is 4.81. The number of hydrogen-bond donors (Lipinski definition) is 2. The number of alkyl halides is 2. The van der Waals surface area contributed by atoms with Gasteiger partial charge < -0.3 is 29.6 Å². The number of anilines is 3. The van der Waals surface area contributed by atoms with E-state index in [0.717, 1.165) is 24.0 Å². The van der Waals surface area contributed by atoms with E-state index in [9.17, 15) is 8.78 Å². The third-order valence-corrected chi connectivity index (χ3v) is 6.68. The van der Waals surface area contributed by atoms with E-state index in [1.807, 2.05) is 35.5 Å². The van der Waals surface area contributed by atoms with Gasteiger partial charge in [0.2, 0.25) is 5.95 Å². The van der Waals surface area contributed by atoms with Gasteiger partial charge in [0.15, 0.2) is 11.5 Å². The first-order valence-electron chi connectivity index (χ1n) is 12.3. The van der Waals surface area contributed by atoms with E-state index in [1.165, 1.54) is 25.9 Å². The van der Waals surface area contributed by atoms with Gasteiger partial charge in [-0.2, -0.15) is 4.98 Å². The molecule has 0 aliphatic carbocycles. The fourth-order valence-electron chi connectivity index (χ4n) is 4.68. The maximum atomic E-state index is 13.7. The summed E-state index contributed by atoms with van der Waals surface area (Å²) in [6.45, 7) is 4.34. The Morgan fingerprint density at radius 1 is 1.09 bits per heavy atom. The molecular weight excluding hydrogens is 454 g/mol. The first-order chi connectivity index (χ1) is 17.0. The van der Waals surface area contributed by atoms with Crippen molar-refractivity contribution in [3.8, 4) is 11.5 Å². The molecular formula is C25H32F2N6O2. The highest BCUT2D eigenvalue weighted by atomic mass is 19.3. The summed E-state index contributed by atoms with van der Waals surface area (Å²) in [6.07, 6.45) is 6.70. The number of rotatable bonds is 9. The molecule has 35 heavy (non-hydrogen) atoms. The number of aromatic nitrogens is 3. The SMILES string of the molecule is COc1cc2c(Nc3cc[nH]c3)nc(N3CCC(F)(F)CC3)nc2cc1OCCCN1CCCC1. The molecule has 0 spiro atoms. The van der Waals surface area contributed by atoms with Crippen molar-refractivity contribution in [1.82, 2.24) is 19.9 Å². The number of halogens is 2. The number of ether oxygens (including phenoxy) is 2. The number of nitrogens with zero attached hydrogens (tertiary/aromatic N) is 4. The van der Waals surface area contributed by atoms with E-state index >= 15 is 0 Å². The average Bonchev–Trinajstić information content (AvgIpc) is 3.56. The second kappa shape index (κ2) is 10.2. The summed E-state index contributed by atoms with van der Waals surface area (Å²) >= 11 is 0. The molecule has 1 aromatic carbocycles. The Kier molecular flexibility index (Phi) is 6.90. The van der Waals surface area contributed by atoms with Crippen molar-refractivity contribution >= 4 is 28.4 Å². The Morgan fingerprint density at radius 2 is 1.89 bits per heavy atom. The smallest absolute Gasteiger partial charge is 0.251 e. The summed E-state index contributed by atoms with van der Waals surface area (Å²) < 4.78 is 39.2. The van der Waals surface area contributed by atoms with Crippen molar-refractivity contribution in [1.29, 1.82) is 0 Å². The van der Waals surface area contributed by atoms with Gasteiger partial charge in [-0.25, -0.2) is 13.8 Å². The van der Waals surface area contributed by atoms with Gasteiger partial charge in [0.05, 0.1) is 24.9 Å². The van der Waals surface area contributed by atoms with Crippen LogP contribution in [0.1, 0.15) is 32.1 Å². The van der Waals surface area contributed by atoms with E-state index in [-0.39, 0.29) is 25.9 Å². The predicted molar refractivity (Wildman–Crippen MR) is 132 cm³/mol. The van der Waals surface area contributed by atoms with Crippen molar-refractivity contribution in [2.24, 2.45) is 0 Å². The zero-order valence-corrected chi connectivity index (χ0v) is 20.0. The molecule has 0 unspecified atom stereocenters. The molecule has 0 bridgehead atoms. The second-order valence-corrected chi connectivity index (χ2v) is 9.21. The van der Waals surface area contributed by atoms with Crippen molar-refractivity contribution in [2.45, 2.75) is 38.0 Å². The Bertz CT molecular complexity index is 1120. The maximum absolute atomic E-state index is 13.7. The largest absolute Gasteiger partial charge is 0.493 e. The van der Waals surface area contributed by atoms with Gasteiger partial charge in [0, 0.05) is 56.3 Å². The third kappa shape index (κ3) is 5.58. The van der Waals surface area contributed by atoms with Crippen LogP contribution in [0.4, 0.5) is 26.2 Å². The molecule has 8 nitrogen and oxygen atoms in total. The Labute approximate surface area is 203 Å². The molecule has 2 saturated heterocycles. The van der Waals surface area contributed by atoms with Crippen molar-refractivity contribution in [2.75, 3.05) is 56.7 Å². The fraction of sp³-hybridized carbons (Fsp3) is 0.520. The Balaban J connectivity index is 1.42. The first-order valence-corrected chi connectivity index (χ1v) is 12.3.